The van der Waals surface area contributed by atoms with Gasteiger partial charge in [0.2, 0.25) is 5.91 Å². The molecule has 1 aliphatic rings. The maximum absolute atomic E-state index is 12.3. The Morgan fingerprint density at radius 1 is 1.36 bits per heavy atom. The number of hydrogen-bond acceptors (Lipinski definition) is 6. The zero-order valence-electron chi connectivity index (χ0n) is 11.8. The Kier molecular flexibility index (Phi) is 5.53. The summed E-state index contributed by atoms with van der Waals surface area (Å²) >= 11 is 4.78. The maximum Gasteiger partial charge on any atom is 0.231 e. The second kappa shape index (κ2) is 7.80. The van der Waals surface area contributed by atoms with Crippen molar-refractivity contribution >= 4 is 45.1 Å². The van der Waals surface area contributed by atoms with Crippen molar-refractivity contribution in [2.24, 2.45) is 4.99 Å². The molecule has 1 amide bonds. The normalized spacial score (nSPS) is 15.4. The zero-order valence-corrected chi connectivity index (χ0v) is 14.2. The highest BCUT2D eigenvalue weighted by Crippen LogP contribution is 2.25. The number of thioether (sulfide) groups is 2. The minimum atomic E-state index is -0.188. The topological polar surface area (TPSA) is 54.4 Å². The molecule has 7 heteroatoms. The number of nitrogens with one attached hydrogen (secondary N) is 1. The standard InChI is InChI=1S/C15H15N3OS3/c19-12(10-22-15-17-7-9-21-15)18-13(14-16-6-8-20-14)11-4-2-1-3-5-11/h1-6,8,13H,7,9-10H2,(H,18,19)/t13-/m1/s1. The number of benzene rings is 1. The first-order valence-corrected chi connectivity index (χ1v) is 9.72. The quantitative estimate of drug-likeness (QED) is 0.901. The number of rotatable bonds is 5. The van der Waals surface area contributed by atoms with Crippen molar-refractivity contribution in [2.75, 3.05) is 18.1 Å². The number of carbonyl (C=O) groups is 1. The summed E-state index contributed by atoms with van der Waals surface area (Å²) in [5.74, 6) is 1.42. The highest BCUT2D eigenvalue weighted by molar-refractivity contribution is 8.39. The van der Waals surface area contributed by atoms with E-state index in [1.165, 1.54) is 11.8 Å². The van der Waals surface area contributed by atoms with Gasteiger partial charge in [0.15, 0.2) is 0 Å². The number of nitrogens with zero attached hydrogens (tertiary/aromatic N) is 2. The fourth-order valence-corrected chi connectivity index (χ4v) is 4.58. The van der Waals surface area contributed by atoms with Gasteiger partial charge in [-0.25, -0.2) is 4.98 Å². The molecule has 1 aliphatic heterocycles. The summed E-state index contributed by atoms with van der Waals surface area (Å²) in [5.41, 5.74) is 1.04. The van der Waals surface area contributed by atoms with E-state index in [4.69, 9.17) is 0 Å². The van der Waals surface area contributed by atoms with Crippen LogP contribution in [0, 0.1) is 0 Å². The van der Waals surface area contributed by atoms with Gasteiger partial charge in [-0.2, -0.15) is 0 Å². The average molecular weight is 350 g/mol. The summed E-state index contributed by atoms with van der Waals surface area (Å²) in [6.45, 7) is 0.861. The molecule has 1 aromatic heterocycles. The van der Waals surface area contributed by atoms with Crippen molar-refractivity contribution < 1.29 is 4.79 Å². The van der Waals surface area contributed by atoms with Crippen LogP contribution in [0.1, 0.15) is 16.6 Å². The fraction of sp³-hybridized carbons (Fsp3) is 0.267. The summed E-state index contributed by atoms with van der Waals surface area (Å²) in [4.78, 5) is 21.0. The third kappa shape index (κ3) is 4.12. The molecule has 114 valence electrons. The molecular weight excluding hydrogens is 334 g/mol. The Morgan fingerprint density at radius 2 is 2.23 bits per heavy atom. The second-order valence-electron chi connectivity index (χ2n) is 4.57. The van der Waals surface area contributed by atoms with Gasteiger partial charge in [0, 0.05) is 17.3 Å². The monoisotopic (exact) mass is 349 g/mol. The van der Waals surface area contributed by atoms with E-state index in [0.717, 1.165) is 27.2 Å². The SMILES string of the molecule is O=C(CSC1=NCCS1)N[C@H](c1ccccc1)c1nccs1. The predicted molar refractivity (Wildman–Crippen MR) is 95.8 cm³/mol. The van der Waals surface area contributed by atoms with E-state index in [1.54, 1.807) is 29.3 Å². The van der Waals surface area contributed by atoms with Crippen LogP contribution in [0.25, 0.3) is 0 Å². The van der Waals surface area contributed by atoms with Gasteiger partial charge in [0.1, 0.15) is 15.4 Å². The molecule has 0 unspecified atom stereocenters. The van der Waals surface area contributed by atoms with Crippen LogP contribution in [0.5, 0.6) is 0 Å². The highest BCUT2D eigenvalue weighted by atomic mass is 32.2. The molecule has 4 nitrogen and oxygen atoms in total. The molecule has 22 heavy (non-hydrogen) atoms. The van der Waals surface area contributed by atoms with Crippen LogP contribution in [-0.4, -0.2) is 33.3 Å². The Balaban J connectivity index is 1.66. The lowest BCUT2D eigenvalue weighted by Crippen LogP contribution is -2.30. The van der Waals surface area contributed by atoms with E-state index in [0.29, 0.717) is 5.75 Å². The Bertz CT molecular complexity index is 643. The number of aromatic nitrogens is 1. The second-order valence-corrected chi connectivity index (χ2v) is 7.80. The largest absolute Gasteiger partial charge is 0.342 e. The first-order chi connectivity index (χ1) is 10.8. The summed E-state index contributed by atoms with van der Waals surface area (Å²) < 4.78 is 1.01. The van der Waals surface area contributed by atoms with Gasteiger partial charge in [-0.3, -0.25) is 9.79 Å². The van der Waals surface area contributed by atoms with Gasteiger partial charge in [-0.05, 0) is 5.56 Å². The van der Waals surface area contributed by atoms with Crippen LogP contribution in [0.3, 0.4) is 0 Å². The van der Waals surface area contributed by atoms with E-state index >= 15 is 0 Å². The van der Waals surface area contributed by atoms with E-state index in [-0.39, 0.29) is 11.9 Å². The first kappa shape index (κ1) is 15.6. The number of hydrogen-bond donors (Lipinski definition) is 1. The molecular formula is C15H15N3OS3. The van der Waals surface area contributed by atoms with Crippen LogP contribution in [0.2, 0.25) is 0 Å². The molecule has 0 fully saturated rings. The third-order valence-electron chi connectivity index (χ3n) is 3.02. The molecule has 1 aromatic carbocycles. The smallest absolute Gasteiger partial charge is 0.231 e. The number of carbonyl (C=O) groups excluding carboxylic acids is 1. The van der Waals surface area contributed by atoms with Crippen molar-refractivity contribution in [2.45, 2.75) is 6.04 Å². The lowest BCUT2D eigenvalue weighted by Gasteiger charge is -2.17. The van der Waals surface area contributed by atoms with Gasteiger partial charge in [0.05, 0.1) is 12.3 Å². The predicted octanol–water partition coefficient (Wildman–Crippen LogP) is 3.18. The molecule has 3 rings (SSSR count). The third-order valence-corrected chi connectivity index (χ3v) is 6.11. The average Bonchev–Trinajstić information content (AvgIpc) is 3.25. The minimum absolute atomic E-state index is 0.00394. The van der Waals surface area contributed by atoms with Crippen molar-refractivity contribution in [3.05, 3.63) is 52.5 Å². The number of amides is 1. The summed E-state index contributed by atoms with van der Waals surface area (Å²) in [5, 5.41) is 5.91. The van der Waals surface area contributed by atoms with E-state index in [2.05, 4.69) is 15.3 Å². The van der Waals surface area contributed by atoms with Crippen molar-refractivity contribution in [3.8, 4) is 0 Å². The molecule has 2 heterocycles. The first-order valence-electron chi connectivity index (χ1n) is 6.86. The maximum atomic E-state index is 12.3. The van der Waals surface area contributed by atoms with Crippen LogP contribution >= 0.6 is 34.9 Å². The van der Waals surface area contributed by atoms with Gasteiger partial charge < -0.3 is 5.32 Å². The van der Waals surface area contributed by atoms with Crippen molar-refractivity contribution in [1.82, 2.24) is 10.3 Å². The summed E-state index contributed by atoms with van der Waals surface area (Å²) in [6.07, 6.45) is 1.76. The van der Waals surface area contributed by atoms with Gasteiger partial charge in [-0.15, -0.1) is 11.3 Å². The summed E-state index contributed by atoms with van der Waals surface area (Å²) in [7, 11) is 0. The molecule has 1 N–H and O–H groups in total. The van der Waals surface area contributed by atoms with Gasteiger partial charge in [0.25, 0.3) is 0 Å². The molecule has 0 radical (unpaired) electrons. The molecule has 0 saturated carbocycles. The number of aliphatic imine (C=N–C) groups is 1. The van der Waals surface area contributed by atoms with Crippen molar-refractivity contribution in [1.29, 1.82) is 0 Å². The fourth-order valence-electron chi connectivity index (χ4n) is 2.04. The van der Waals surface area contributed by atoms with E-state index in [1.807, 2.05) is 35.7 Å². The van der Waals surface area contributed by atoms with Gasteiger partial charge in [-0.1, -0.05) is 53.9 Å². The zero-order chi connectivity index (χ0) is 15.2. The molecule has 0 spiro atoms. The Hall–Kier alpha value is -1.31. The number of thiazole rings is 1. The van der Waals surface area contributed by atoms with Crippen LogP contribution in [-0.2, 0) is 4.79 Å². The van der Waals surface area contributed by atoms with E-state index < -0.39 is 0 Å². The highest BCUT2D eigenvalue weighted by Gasteiger charge is 2.19. The van der Waals surface area contributed by atoms with Gasteiger partial charge >= 0.3 is 0 Å². The van der Waals surface area contributed by atoms with Crippen LogP contribution < -0.4 is 5.32 Å². The van der Waals surface area contributed by atoms with Crippen LogP contribution in [0.15, 0.2) is 46.9 Å². The molecule has 0 saturated heterocycles. The lowest BCUT2D eigenvalue weighted by atomic mass is 10.1. The molecule has 1 atom stereocenters. The summed E-state index contributed by atoms with van der Waals surface area (Å²) in [6, 6.07) is 9.75. The Morgan fingerprint density at radius 3 is 2.91 bits per heavy atom. The lowest BCUT2D eigenvalue weighted by molar-refractivity contribution is -0.119. The molecule has 0 bridgehead atoms. The van der Waals surface area contributed by atoms with Crippen molar-refractivity contribution in [3.63, 3.8) is 0 Å². The molecule has 2 aromatic rings. The minimum Gasteiger partial charge on any atom is -0.342 e. The Labute approximate surface area is 141 Å². The molecule has 0 aliphatic carbocycles. The van der Waals surface area contributed by atoms with E-state index in [9.17, 15) is 4.79 Å². The van der Waals surface area contributed by atoms with Crippen LogP contribution in [0.4, 0.5) is 0 Å².